The third-order valence-electron chi connectivity index (χ3n) is 4.01. The maximum Gasteiger partial charge on any atom is 0.338 e. The minimum atomic E-state index is -0.602. The minimum absolute atomic E-state index is 0.131. The molecule has 0 saturated carbocycles. The van der Waals surface area contributed by atoms with Crippen molar-refractivity contribution >= 4 is 11.8 Å². The Morgan fingerprint density at radius 1 is 0.808 bits per heavy atom. The zero-order valence-corrected chi connectivity index (χ0v) is 13.9. The number of Topliss-reactive ketones (excluding diaryl/α,β-unsaturated/α-hetero) is 1. The highest BCUT2D eigenvalue weighted by molar-refractivity contribution is 6.00. The van der Waals surface area contributed by atoms with Crippen LogP contribution in [0, 0.1) is 0 Å². The Morgan fingerprint density at radius 3 is 2.27 bits per heavy atom. The molecule has 0 amide bonds. The molecule has 7 nitrogen and oxygen atoms in total. The second-order valence-corrected chi connectivity index (χ2v) is 5.78. The topological polar surface area (TPSA) is 80.3 Å². The first-order valence-corrected chi connectivity index (χ1v) is 8.20. The molecule has 4 rings (SSSR count). The van der Waals surface area contributed by atoms with Crippen molar-refractivity contribution in [3.63, 3.8) is 0 Å². The van der Waals surface area contributed by atoms with Crippen LogP contribution in [0.2, 0.25) is 0 Å². The maximum atomic E-state index is 12.2. The van der Waals surface area contributed by atoms with Crippen molar-refractivity contribution in [1.29, 1.82) is 0 Å². The number of rotatable bonds is 4. The normalized spacial score (nSPS) is 14.5. The maximum absolute atomic E-state index is 12.2. The number of fused-ring (bicyclic) bond motifs is 2. The van der Waals surface area contributed by atoms with Gasteiger partial charge in [0, 0.05) is 12.0 Å². The van der Waals surface area contributed by atoms with Gasteiger partial charge in [-0.3, -0.25) is 4.79 Å². The lowest BCUT2D eigenvalue weighted by atomic mass is 10.1. The highest BCUT2D eigenvalue weighted by Crippen LogP contribution is 2.33. The Morgan fingerprint density at radius 2 is 1.42 bits per heavy atom. The van der Waals surface area contributed by atoms with Crippen molar-refractivity contribution in [3.8, 4) is 23.0 Å². The van der Waals surface area contributed by atoms with Gasteiger partial charge in [-0.1, -0.05) is 0 Å². The zero-order chi connectivity index (χ0) is 17.9. The van der Waals surface area contributed by atoms with Crippen LogP contribution in [0.5, 0.6) is 23.0 Å². The Bertz CT molecular complexity index is 859. The Hall–Kier alpha value is -3.22. The van der Waals surface area contributed by atoms with Gasteiger partial charge in [0.05, 0.1) is 18.8 Å². The van der Waals surface area contributed by atoms with Gasteiger partial charge in [-0.2, -0.15) is 0 Å². The Labute approximate surface area is 149 Å². The number of ketones is 1. The van der Waals surface area contributed by atoms with E-state index in [2.05, 4.69) is 0 Å². The van der Waals surface area contributed by atoms with Crippen LogP contribution in [0.3, 0.4) is 0 Å². The third-order valence-corrected chi connectivity index (χ3v) is 4.01. The fourth-order valence-corrected chi connectivity index (χ4v) is 2.66. The van der Waals surface area contributed by atoms with Crippen molar-refractivity contribution in [3.05, 3.63) is 47.5 Å². The van der Waals surface area contributed by atoms with Gasteiger partial charge < -0.3 is 23.7 Å². The molecular formula is C19H16O7. The lowest BCUT2D eigenvalue weighted by Crippen LogP contribution is -2.14. The average molecular weight is 356 g/mol. The van der Waals surface area contributed by atoms with Crippen LogP contribution >= 0.6 is 0 Å². The number of carbonyl (C=O) groups is 2. The van der Waals surface area contributed by atoms with Gasteiger partial charge in [0.1, 0.15) is 0 Å². The van der Waals surface area contributed by atoms with Crippen LogP contribution in [0.15, 0.2) is 36.4 Å². The Balaban J connectivity index is 1.40. The van der Waals surface area contributed by atoms with Crippen molar-refractivity contribution < 1.29 is 33.3 Å². The number of ether oxygens (including phenoxy) is 5. The van der Waals surface area contributed by atoms with Crippen LogP contribution in [-0.4, -0.2) is 38.4 Å². The van der Waals surface area contributed by atoms with Gasteiger partial charge in [-0.15, -0.1) is 0 Å². The Kier molecular flexibility index (Phi) is 4.35. The first-order chi connectivity index (χ1) is 12.7. The molecule has 0 aliphatic carbocycles. The van der Waals surface area contributed by atoms with E-state index in [9.17, 15) is 9.59 Å². The first-order valence-electron chi connectivity index (χ1n) is 8.20. The molecule has 2 aliphatic heterocycles. The molecule has 0 unspecified atom stereocenters. The molecule has 0 aromatic heterocycles. The van der Waals surface area contributed by atoms with E-state index >= 15 is 0 Å². The van der Waals surface area contributed by atoms with Crippen molar-refractivity contribution in [1.82, 2.24) is 0 Å². The van der Waals surface area contributed by atoms with Crippen molar-refractivity contribution in [2.45, 2.75) is 6.42 Å². The molecule has 0 bridgehead atoms. The van der Waals surface area contributed by atoms with E-state index in [1.165, 1.54) is 0 Å². The molecule has 0 fully saturated rings. The van der Waals surface area contributed by atoms with Crippen LogP contribution in [0.25, 0.3) is 0 Å². The standard InChI is InChI=1S/C19H16O7/c20-14(12-2-4-16-18(8-12)26-11-25-16)10-24-19(21)13-3-5-15-17(9-13)23-7-1-6-22-15/h2-5,8-9H,1,6-7,10-11H2. The summed E-state index contributed by atoms with van der Waals surface area (Å²) in [6.45, 7) is 0.855. The lowest BCUT2D eigenvalue weighted by molar-refractivity contribution is 0.0474. The van der Waals surface area contributed by atoms with Gasteiger partial charge in [-0.25, -0.2) is 4.79 Å². The summed E-state index contributed by atoms with van der Waals surface area (Å²) in [6.07, 6.45) is 0.776. The van der Waals surface area contributed by atoms with E-state index in [0.717, 1.165) is 6.42 Å². The summed E-state index contributed by atoms with van der Waals surface area (Å²) in [5, 5.41) is 0. The molecular weight excluding hydrogens is 340 g/mol. The monoisotopic (exact) mass is 356 g/mol. The van der Waals surface area contributed by atoms with E-state index < -0.39 is 5.97 Å². The largest absolute Gasteiger partial charge is 0.490 e. The molecule has 2 aliphatic rings. The van der Waals surface area contributed by atoms with Crippen LogP contribution in [0.4, 0.5) is 0 Å². The predicted molar refractivity (Wildman–Crippen MR) is 89.2 cm³/mol. The van der Waals surface area contributed by atoms with Crippen LogP contribution in [0.1, 0.15) is 27.1 Å². The summed E-state index contributed by atoms with van der Waals surface area (Å²) in [5.74, 6) is 1.26. The van der Waals surface area contributed by atoms with Crippen molar-refractivity contribution in [2.75, 3.05) is 26.6 Å². The first kappa shape index (κ1) is 16.3. The fourth-order valence-electron chi connectivity index (χ4n) is 2.66. The molecule has 2 aromatic carbocycles. The number of hydrogen-bond acceptors (Lipinski definition) is 7. The summed E-state index contributed by atoms with van der Waals surface area (Å²) < 4.78 is 26.6. The van der Waals surface area contributed by atoms with Gasteiger partial charge in [0.25, 0.3) is 0 Å². The summed E-state index contributed by atoms with van der Waals surface area (Å²) in [7, 11) is 0. The van der Waals surface area contributed by atoms with Crippen molar-refractivity contribution in [2.24, 2.45) is 0 Å². The molecule has 134 valence electrons. The molecule has 26 heavy (non-hydrogen) atoms. The molecule has 0 N–H and O–H groups in total. The quantitative estimate of drug-likeness (QED) is 0.615. The number of hydrogen-bond donors (Lipinski definition) is 0. The van der Waals surface area contributed by atoms with E-state index in [-0.39, 0.29) is 19.2 Å². The molecule has 2 heterocycles. The second-order valence-electron chi connectivity index (χ2n) is 5.78. The molecule has 0 radical (unpaired) electrons. The van der Waals surface area contributed by atoms with E-state index in [0.29, 0.717) is 47.3 Å². The number of carbonyl (C=O) groups excluding carboxylic acids is 2. The van der Waals surface area contributed by atoms with E-state index in [1.807, 2.05) is 0 Å². The summed E-state index contributed by atoms with van der Waals surface area (Å²) in [6, 6.07) is 9.65. The highest BCUT2D eigenvalue weighted by atomic mass is 16.7. The lowest BCUT2D eigenvalue weighted by Gasteiger charge is -2.09. The molecule has 0 atom stereocenters. The van der Waals surface area contributed by atoms with E-state index in [4.69, 9.17) is 23.7 Å². The van der Waals surface area contributed by atoms with Gasteiger partial charge in [-0.05, 0) is 36.4 Å². The third kappa shape index (κ3) is 3.28. The number of esters is 1. The molecule has 0 saturated heterocycles. The smallest absolute Gasteiger partial charge is 0.338 e. The summed E-state index contributed by atoms with van der Waals surface area (Å²) >= 11 is 0. The highest BCUT2D eigenvalue weighted by Gasteiger charge is 2.19. The second kappa shape index (κ2) is 6.95. The fraction of sp³-hybridized carbons (Fsp3) is 0.263. The van der Waals surface area contributed by atoms with Gasteiger partial charge in [0.2, 0.25) is 6.79 Å². The summed E-state index contributed by atoms with van der Waals surface area (Å²) in [5.41, 5.74) is 0.688. The predicted octanol–water partition coefficient (Wildman–Crippen LogP) is 2.62. The van der Waals surface area contributed by atoms with Gasteiger partial charge >= 0.3 is 5.97 Å². The molecule has 2 aromatic rings. The molecule has 0 spiro atoms. The average Bonchev–Trinajstić information content (AvgIpc) is 3.01. The van der Waals surface area contributed by atoms with E-state index in [1.54, 1.807) is 36.4 Å². The summed E-state index contributed by atoms with van der Waals surface area (Å²) in [4.78, 5) is 24.5. The van der Waals surface area contributed by atoms with Crippen LogP contribution in [-0.2, 0) is 4.74 Å². The number of benzene rings is 2. The molecule has 7 heteroatoms. The van der Waals surface area contributed by atoms with Crippen LogP contribution < -0.4 is 18.9 Å². The minimum Gasteiger partial charge on any atom is -0.490 e. The zero-order valence-electron chi connectivity index (χ0n) is 13.9. The SMILES string of the molecule is O=C(COC(=O)c1ccc2c(c1)OCCCO2)c1ccc2c(c1)OCO2. The van der Waals surface area contributed by atoms with Gasteiger partial charge in [0.15, 0.2) is 35.4 Å².